The molecule has 76 valence electrons. The van der Waals surface area contributed by atoms with E-state index in [1.165, 1.54) is 0 Å². The Morgan fingerprint density at radius 3 is 2.43 bits per heavy atom. The molecule has 0 bridgehead atoms. The summed E-state index contributed by atoms with van der Waals surface area (Å²) in [5.74, 6) is 0. The van der Waals surface area contributed by atoms with E-state index in [2.05, 4.69) is 41.4 Å². The highest BCUT2D eigenvalue weighted by molar-refractivity contribution is 6.81. The number of nitrogens with zero attached hydrogens (tertiary/aromatic N) is 2. The van der Waals surface area contributed by atoms with E-state index in [4.69, 9.17) is 0 Å². The van der Waals surface area contributed by atoms with Crippen molar-refractivity contribution in [1.82, 2.24) is 9.97 Å². The maximum atomic E-state index is 4.45. The first-order chi connectivity index (χ1) is 6.38. The lowest BCUT2D eigenvalue weighted by Gasteiger charge is -2.08. The lowest BCUT2D eigenvalue weighted by atomic mass is 10.3. The van der Waals surface area contributed by atoms with E-state index in [9.17, 15) is 0 Å². The number of rotatable bonds is 2. The Kier molecular flexibility index (Phi) is 3.21. The Morgan fingerprint density at radius 2 is 1.86 bits per heavy atom. The fraction of sp³-hybridized carbons (Fsp3) is 0.455. The van der Waals surface area contributed by atoms with Gasteiger partial charge in [-0.25, -0.2) is 0 Å². The molecule has 1 aromatic heterocycles. The van der Waals surface area contributed by atoms with E-state index in [1.807, 2.05) is 13.8 Å². The van der Waals surface area contributed by atoms with Gasteiger partial charge in [0.05, 0.1) is 25.2 Å². The Bertz CT molecular complexity index is 351. The summed E-state index contributed by atoms with van der Waals surface area (Å²) in [6, 6.07) is 0. The predicted octanol–water partition coefficient (Wildman–Crippen LogP) is 2.98. The second-order valence-corrected chi connectivity index (χ2v) is 9.75. The highest BCUT2D eigenvalue weighted by Gasteiger charge is 2.07. The normalized spacial score (nSPS) is 12.4. The maximum Gasteiger partial charge on any atom is 0.0838 e. The van der Waals surface area contributed by atoms with E-state index in [0.29, 0.717) is 0 Å². The van der Waals surface area contributed by atoms with Gasteiger partial charge in [-0.3, -0.25) is 9.97 Å². The van der Waals surface area contributed by atoms with Gasteiger partial charge in [0.25, 0.3) is 0 Å². The molecule has 0 atom stereocenters. The number of aryl methyl sites for hydroxylation is 2. The van der Waals surface area contributed by atoms with Gasteiger partial charge in [0.2, 0.25) is 0 Å². The molecule has 0 N–H and O–H groups in total. The van der Waals surface area contributed by atoms with Crippen LogP contribution in [0.4, 0.5) is 0 Å². The van der Waals surface area contributed by atoms with Crippen molar-refractivity contribution in [2.75, 3.05) is 0 Å². The molecule has 1 aromatic rings. The van der Waals surface area contributed by atoms with E-state index in [-0.39, 0.29) is 0 Å². The first-order valence-corrected chi connectivity index (χ1v) is 8.46. The van der Waals surface area contributed by atoms with Gasteiger partial charge in [0.15, 0.2) is 0 Å². The van der Waals surface area contributed by atoms with Crippen LogP contribution in [-0.2, 0) is 0 Å². The first-order valence-electron chi connectivity index (χ1n) is 4.88. The zero-order chi connectivity index (χ0) is 10.8. The minimum absolute atomic E-state index is 0.978. The van der Waals surface area contributed by atoms with Crippen molar-refractivity contribution in [1.29, 1.82) is 0 Å². The minimum Gasteiger partial charge on any atom is -0.257 e. The van der Waals surface area contributed by atoms with Gasteiger partial charge in [-0.1, -0.05) is 25.3 Å². The molecule has 0 saturated carbocycles. The van der Waals surface area contributed by atoms with Gasteiger partial charge in [-0.2, -0.15) is 0 Å². The van der Waals surface area contributed by atoms with Crippen molar-refractivity contribution in [2.45, 2.75) is 33.5 Å². The molecule has 0 aliphatic heterocycles. The Balaban J connectivity index is 2.97. The third-order valence-corrected chi connectivity index (χ3v) is 3.02. The van der Waals surface area contributed by atoms with Gasteiger partial charge >= 0.3 is 0 Å². The summed E-state index contributed by atoms with van der Waals surface area (Å²) in [6.07, 6.45) is 3.92. The van der Waals surface area contributed by atoms with Crippen LogP contribution in [0.3, 0.4) is 0 Å². The smallest absolute Gasteiger partial charge is 0.0838 e. The molecule has 0 saturated heterocycles. The summed E-state index contributed by atoms with van der Waals surface area (Å²) in [5, 5.41) is 0. The van der Waals surface area contributed by atoms with Crippen LogP contribution in [0.5, 0.6) is 0 Å². The van der Waals surface area contributed by atoms with E-state index < -0.39 is 8.07 Å². The third kappa shape index (κ3) is 3.42. The van der Waals surface area contributed by atoms with Crippen molar-refractivity contribution in [3.05, 3.63) is 29.0 Å². The molecule has 0 radical (unpaired) electrons. The van der Waals surface area contributed by atoms with Gasteiger partial charge in [-0.15, -0.1) is 0 Å². The van der Waals surface area contributed by atoms with Gasteiger partial charge < -0.3 is 0 Å². The highest BCUT2D eigenvalue weighted by atomic mass is 28.3. The molecule has 1 heterocycles. The van der Waals surface area contributed by atoms with Crippen molar-refractivity contribution in [3.63, 3.8) is 0 Å². The second-order valence-electron chi connectivity index (χ2n) is 4.68. The first kappa shape index (κ1) is 11.1. The van der Waals surface area contributed by atoms with Gasteiger partial charge in [0.1, 0.15) is 0 Å². The van der Waals surface area contributed by atoms with Crippen molar-refractivity contribution < 1.29 is 0 Å². The molecule has 0 amide bonds. The molecule has 3 heteroatoms. The van der Waals surface area contributed by atoms with Gasteiger partial charge in [-0.05, 0) is 19.9 Å². The Hall–Kier alpha value is -0.963. The lowest BCUT2D eigenvalue weighted by Crippen LogP contribution is -2.15. The average molecular weight is 206 g/mol. The van der Waals surface area contributed by atoms with Crippen LogP contribution in [0, 0.1) is 13.8 Å². The monoisotopic (exact) mass is 206 g/mol. The summed E-state index contributed by atoms with van der Waals surface area (Å²) in [5.41, 5.74) is 5.28. The summed E-state index contributed by atoms with van der Waals surface area (Å²) >= 11 is 0. The van der Waals surface area contributed by atoms with Crippen LogP contribution < -0.4 is 0 Å². The predicted molar refractivity (Wildman–Crippen MR) is 63.9 cm³/mol. The summed E-state index contributed by atoms with van der Waals surface area (Å²) < 4.78 is 0. The standard InChI is InChI=1S/C11H18N2Si/c1-9-8-12-10(2)11(13-9)6-7-14(3,4)5/h6-8H,1-5H3/b7-6+. The summed E-state index contributed by atoms with van der Waals surface area (Å²) in [7, 11) is -1.13. The molecule has 0 aromatic carbocycles. The van der Waals surface area contributed by atoms with Gasteiger partial charge in [0, 0.05) is 6.20 Å². The lowest BCUT2D eigenvalue weighted by molar-refractivity contribution is 1.05. The summed E-state index contributed by atoms with van der Waals surface area (Å²) in [6.45, 7) is 10.9. The van der Waals surface area contributed by atoms with E-state index >= 15 is 0 Å². The highest BCUT2D eigenvalue weighted by Crippen LogP contribution is 2.09. The molecule has 0 fully saturated rings. The molecular weight excluding hydrogens is 188 g/mol. The van der Waals surface area contributed by atoms with Crippen molar-refractivity contribution in [2.24, 2.45) is 0 Å². The maximum absolute atomic E-state index is 4.45. The van der Waals surface area contributed by atoms with Crippen LogP contribution in [0.2, 0.25) is 19.6 Å². The topological polar surface area (TPSA) is 25.8 Å². The molecule has 0 spiro atoms. The van der Waals surface area contributed by atoms with Crippen LogP contribution >= 0.6 is 0 Å². The molecule has 1 rings (SSSR count). The van der Waals surface area contributed by atoms with Crippen molar-refractivity contribution >= 4 is 14.1 Å². The molecule has 0 unspecified atom stereocenters. The fourth-order valence-electron chi connectivity index (χ4n) is 1.04. The minimum atomic E-state index is -1.13. The average Bonchev–Trinajstić information content (AvgIpc) is 2.05. The molecule has 2 nitrogen and oxygen atoms in total. The SMILES string of the molecule is Cc1cnc(C)c(/C=C/[Si](C)(C)C)n1. The number of aromatic nitrogens is 2. The Labute approximate surface area is 87.1 Å². The van der Waals surface area contributed by atoms with Crippen LogP contribution in [0.25, 0.3) is 6.08 Å². The zero-order valence-electron chi connectivity index (χ0n) is 9.63. The largest absolute Gasteiger partial charge is 0.257 e. The van der Waals surface area contributed by atoms with Crippen LogP contribution in [-0.4, -0.2) is 18.0 Å². The number of hydrogen-bond donors (Lipinski definition) is 0. The zero-order valence-corrected chi connectivity index (χ0v) is 10.6. The van der Waals surface area contributed by atoms with Crippen molar-refractivity contribution in [3.8, 4) is 0 Å². The molecular formula is C11H18N2Si. The second kappa shape index (κ2) is 4.05. The number of hydrogen-bond acceptors (Lipinski definition) is 2. The third-order valence-electron chi connectivity index (χ3n) is 1.85. The van der Waals surface area contributed by atoms with E-state index in [0.717, 1.165) is 17.1 Å². The van der Waals surface area contributed by atoms with E-state index in [1.54, 1.807) is 6.20 Å². The fourth-order valence-corrected chi connectivity index (χ4v) is 1.70. The van der Waals surface area contributed by atoms with Crippen LogP contribution in [0.1, 0.15) is 17.1 Å². The molecule has 0 aliphatic carbocycles. The van der Waals surface area contributed by atoms with Crippen LogP contribution in [0.15, 0.2) is 11.9 Å². The molecule has 0 aliphatic rings. The summed E-state index contributed by atoms with van der Waals surface area (Å²) in [4.78, 5) is 8.73. The molecule has 14 heavy (non-hydrogen) atoms. The quantitative estimate of drug-likeness (QED) is 0.695. The Morgan fingerprint density at radius 1 is 1.21 bits per heavy atom.